The lowest BCUT2D eigenvalue weighted by molar-refractivity contribution is -0.115. The van der Waals surface area contributed by atoms with Crippen molar-refractivity contribution in [1.82, 2.24) is 10.3 Å². The predicted molar refractivity (Wildman–Crippen MR) is 76.4 cm³/mol. The summed E-state index contributed by atoms with van der Waals surface area (Å²) >= 11 is 0. The van der Waals surface area contributed by atoms with E-state index in [1.165, 1.54) is 6.20 Å². The number of hydrogen-bond acceptors (Lipinski definition) is 4. The van der Waals surface area contributed by atoms with Gasteiger partial charge < -0.3 is 10.6 Å². The maximum Gasteiger partial charge on any atom is 0.251 e. The van der Waals surface area contributed by atoms with Gasteiger partial charge in [0.15, 0.2) is 5.82 Å². The van der Waals surface area contributed by atoms with E-state index in [0.29, 0.717) is 5.56 Å². The van der Waals surface area contributed by atoms with Gasteiger partial charge >= 0.3 is 0 Å². The number of rotatable bonds is 4. The first-order valence-electron chi connectivity index (χ1n) is 6.19. The standard InChI is InChI=1S/C15H12N4O2/c16-9-12-7-4-8-17-14(12)19-13(20)10-18-15(21)11-5-2-1-3-6-11/h1-8H,10H2,(H,18,21)(H,17,19,20). The molecule has 0 aliphatic carbocycles. The summed E-state index contributed by atoms with van der Waals surface area (Å²) in [5.74, 6) is -0.610. The number of aromatic nitrogens is 1. The number of hydrogen-bond donors (Lipinski definition) is 2. The highest BCUT2D eigenvalue weighted by atomic mass is 16.2. The Morgan fingerprint density at radius 3 is 2.62 bits per heavy atom. The molecule has 2 N–H and O–H groups in total. The maximum atomic E-state index is 11.8. The Morgan fingerprint density at radius 2 is 1.90 bits per heavy atom. The summed E-state index contributed by atoms with van der Waals surface area (Å²) in [6, 6.07) is 13.7. The Kier molecular flexibility index (Phi) is 4.62. The minimum atomic E-state index is -0.450. The van der Waals surface area contributed by atoms with Crippen LogP contribution in [-0.4, -0.2) is 23.3 Å². The molecule has 0 radical (unpaired) electrons. The van der Waals surface area contributed by atoms with Crippen molar-refractivity contribution in [2.75, 3.05) is 11.9 Å². The third-order valence-corrected chi connectivity index (χ3v) is 2.63. The molecule has 0 unspecified atom stereocenters. The van der Waals surface area contributed by atoms with E-state index in [9.17, 15) is 9.59 Å². The van der Waals surface area contributed by atoms with Crippen molar-refractivity contribution >= 4 is 17.6 Å². The highest BCUT2D eigenvalue weighted by Gasteiger charge is 2.10. The quantitative estimate of drug-likeness (QED) is 0.883. The molecule has 104 valence electrons. The van der Waals surface area contributed by atoms with Gasteiger partial charge in [-0.1, -0.05) is 18.2 Å². The summed E-state index contributed by atoms with van der Waals surface area (Å²) in [4.78, 5) is 27.4. The van der Waals surface area contributed by atoms with E-state index in [0.717, 1.165) is 0 Å². The normalized spacial score (nSPS) is 9.48. The molecule has 0 atom stereocenters. The molecule has 0 spiro atoms. The second-order valence-electron chi connectivity index (χ2n) is 4.11. The van der Waals surface area contributed by atoms with Crippen molar-refractivity contribution in [1.29, 1.82) is 5.26 Å². The first-order valence-corrected chi connectivity index (χ1v) is 6.19. The van der Waals surface area contributed by atoms with Gasteiger partial charge in [-0.3, -0.25) is 9.59 Å². The Bertz CT molecular complexity index is 692. The molecule has 21 heavy (non-hydrogen) atoms. The molecule has 0 saturated carbocycles. The first kappa shape index (κ1) is 14.2. The van der Waals surface area contributed by atoms with E-state index >= 15 is 0 Å². The minimum Gasteiger partial charge on any atom is -0.343 e. The fraction of sp³-hybridized carbons (Fsp3) is 0.0667. The Hall–Kier alpha value is -3.20. The smallest absolute Gasteiger partial charge is 0.251 e. The Balaban J connectivity index is 1.91. The van der Waals surface area contributed by atoms with Crippen LogP contribution in [-0.2, 0) is 4.79 Å². The van der Waals surface area contributed by atoms with Crippen LogP contribution in [0, 0.1) is 11.3 Å². The van der Waals surface area contributed by atoms with E-state index in [4.69, 9.17) is 5.26 Å². The monoisotopic (exact) mass is 280 g/mol. The summed E-state index contributed by atoms with van der Waals surface area (Å²) in [6.07, 6.45) is 1.47. The van der Waals surface area contributed by atoms with Crippen LogP contribution in [0.1, 0.15) is 15.9 Å². The molecule has 0 aliphatic rings. The number of pyridine rings is 1. The van der Waals surface area contributed by atoms with Crippen LogP contribution in [0.15, 0.2) is 48.7 Å². The molecule has 1 aromatic heterocycles. The zero-order chi connectivity index (χ0) is 15.1. The third-order valence-electron chi connectivity index (χ3n) is 2.63. The van der Waals surface area contributed by atoms with Crippen LogP contribution < -0.4 is 10.6 Å². The lowest BCUT2D eigenvalue weighted by Gasteiger charge is -2.07. The summed E-state index contributed by atoms with van der Waals surface area (Å²) in [6.45, 7) is -0.199. The summed E-state index contributed by atoms with van der Waals surface area (Å²) < 4.78 is 0. The maximum absolute atomic E-state index is 11.8. The second-order valence-corrected chi connectivity index (χ2v) is 4.11. The van der Waals surface area contributed by atoms with E-state index < -0.39 is 5.91 Å². The molecule has 6 nitrogen and oxygen atoms in total. The van der Waals surface area contributed by atoms with Gasteiger partial charge in [0.2, 0.25) is 5.91 Å². The SMILES string of the molecule is N#Cc1cccnc1NC(=O)CNC(=O)c1ccccc1. The second kappa shape index (κ2) is 6.82. The van der Waals surface area contributed by atoms with Crippen LogP contribution in [0.3, 0.4) is 0 Å². The number of anilines is 1. The van der Waals surface area contributed by atoms with E-state index in [1.807, 2.05) is 6.07 Å². The van der Waals surface area contributed by atoms with Crippen molar-refractivity contribution in [3.8, 4) is 6.07 Å². The van der Waals surface area contributed by atoms with Crippen molar-refractivity contribution in [3.05, 3.63) is 59.8 Å². The van der Waals surface area contributed by atoms with Crippen molar-refractivity contribution in [2.45, 2.75) is 0 Å². The largest absolute Gasteiger partial charge is 0.343 e. The highest BCUT2D eigenvalue weighted by Crippen LogP contribution is 2.08. The average molecular weight is 280 g/mol. The number of nitriles is 1. The van der Waals surface area contributed by atoms with Gasteiger partial charge in [0, 0.05) is 11.8 Å². The van der Waals surface area contributed by atoms with Crippen LogP contribution >= 0.6 is 0 Å². The van der Waals surface area contributed by atoms with Crippen molar-refractivity contribution < 1.29 is 9.59 Å². The molecule has 0 bridgehead atoms. The zero-order valence-electron chi connectivity index (χ0n) is 11.0. The number of amides is 2. The average Bonchev–Trinajstić information content (AvgIpc) is 2.54. The number of carbonyl (C=O) groups excluding carboxylic acids is 2. The molecule has 0 fully saturated rings. The van der Waals surface area contributed by atoms with Crippen LogP contribution in [0.5, 0.6) is 0 Å². The van der Waals surface area contributed by atoms with Crippen molar-refractivity contribution in [2.24, 2.45) is 0 Å². The molecule has 1 aromatic carbocycles. The molecule has 2 rings (SSSR count). The fourth-order valence-corrected chi connectivity index (χ4v) is 1.62. The molecule has 2 aromatic rings. The summed E-state index contributed by atoms with van der Waals surface area (Å²) in [7, 11) is 0. The predicted octanol–water partition coefficient (Wildman–Crippen LogP) is 1.32. The van der Waals surface area contributed by atoms with Gasteiger partial charge in [-0.05, 0) is 24.3 Å². The van der Waals surface area contributed by atoms with Crippen LogP contribution in [0.2, 0.25) is 0 Å². The number of carbonyl (C=O) groups is 2. The number of benzene rings is 1. The third kappa shape index (κ3) is 3.88. The van der Waals surface area contributed by atoms with E-state index in [1.54, 1.807) is 42.5 Å². The molecular weight excluding hydrogens is 268 g/mol. The molecule has 0 aliphatic heterocycles. The minimum absolute atomic E-state index is 0.180. The van der Waals surface area contributed by atoms with E-state index in [-0.39, 0.29) is 23.8 Å². The van der Waals surface area contributed by atoms with Gasteiger partial charge in [0.1, 0.15) is 6.07 Å². The lowest BCUT2D eigenvalue weighted by atomic mass is 10.2. The molecule has 2 amide bonds. The Morgan fingerprint density at radius 1 is 1.14 bits per heavy atom. The summed E-state index contributed by atoms with van der Waals surface area (Å²) in [5, 5.41) is 13.9. The molecule has 0 saturated heterocycles. The van der Waals surface area contributed by atoms with Gasteiger partial charge in [-0.25, -0.2) is 4.98 Å². The van der Waals surface area contributed by atoms with Gasteiger partial charge in [-0.2, -0.15) is 5.26 Å². The van der Waals surface area contributed by atoms with Gasteiger partial charge in [0.05, 0.1) is 12.1 Å². The van der Waals surface area contributed by atoms with Gasteiger partial charge in [0.25, 0.3) is 5.91 Å². The fourth-order valence-electron chi connectivity index (χ4n) is 1.62. The number of nitrogens with zero attached hydrogens (tertiary/aromatic N) is 2. The Labute approximate surface area is 121 Å². The topological polar surface area (TPSA) is 94.9 Å². The van der Waals surface area contributed by atoms with Crippen LogP contribution in [0.4, 0.5) is 5.82 Å². The van der Waals surface area contributed by atoms with Crippen molar-refractivity contribution in [3.63, 3.8) is 0 Å². The van der Waals surface area contributed by atoms with Gasteiger partial charge in [-0.15, -0.1) is 0 Å². The van der Waals surface area contributed by atoms with Crippen LogP contribution in [0.25, 0.3) is 0 Å². The molecule has 1 heterocycles. The zero-order valence-corrected chi connectivity index (χ0v) is 11.0. The number of nitrogens with one attached hydrogen (secondary N) is 2. The lowest BCUT2D eigenvalue weighted by Crippen LogP contribution is -2.33. The molecule has 6 heteroatoms. The van der Waals surface area contributed by atoms with E-state index in [2.05, 4.69) is 15.6 Å². The molecular formula is C15H12N4O2. The highest BCUT2D eigenvalue weighted by molar-refractivity contribution is 5.99. The summed E-state index contributed by atoms with van der Waals surface area (Å²) in [5.41, 5.74) is 0.737. The first-order chi connectivity index (χ1) is 10.2.